The molecule has 0 saturated heterocycles. The number of nitrogens with zero attached hydrogens (tertiary/aromatic N) is 1. The molecule has 3 nitrogen and oxygen atoms in total. The van der Waals surface area contributed by atoms with Crippen LogP contribution >= 0.6 is 0 Å². The maximum Gasteiger partial charge on any atom is 0.410 e. The van der Waals surface area contributed by atoms with Crippen LogP contribution in [0.2, 0.25) is 0 Å². The summed E-state index contributed by atoms with van der Waals surface area (Å²) >= 11 is 0. The van der Waals surface area contributed by atoms with E-state index in [1.54, 1.807) is 0 Å². The molecule has 0 aliphatic heterocycles. The average molecular weight is 197 g/mol. The molecule has 0 unspecified atom stereocenters. The molecule has 1 amide bonds. The number of ether oxygens (including phenoxy) is 1. The molecule has 6 heteroatoms. The van der Waals surface area contributed by atoms with Gasteiger partial charge in [0.2, 0.25) is 0 Å². The molecule has 1 aliphatic carbocycles. The molecule has 0 aromatic rings. The summed E-state index contributed by atoms with van der Waals surface area (Å²) in [7, 11) is 1.08. The first-order valence-corrected chi connectivity index (χ1v) is 3.85. The monoisotopic (exact) mass is 197 g/mol. The second kappa shape index (κ2) is 3.43. The number of rotatable bonds is 2. The number of halogens is 3. The Morgan fingerprint density at radius 1 is 1.54 bits per heavy atom. The smallest absolute Gasteiger partial charge is 0.410 e. The zero-order chi connectivity index (χ0) is 10.1. The van der Waals surface area contributed by atoms with Crippen LogP contribution in [0.5, 0.6) is 0 Å². The van der Waals surface area contributed by atoms with Gasteiger partial charge in [0.05, 0.1) is 7.11 Å². The fraction of sp³-hybridized carbons (Fsp3) is 0.857. The van der Waals surface area contributed by atoms with Crippen molar-refractivity contribution in [3.63, 3.8) is 0 Å². The molecule has 0 aromatic heterocycles. The van der Waals surface area contributed by atoms with E-state index >= 15 is 0 Å². The van der Waals surface area contributed by atoms with E-state index in [0.717, 1.165) is 12.0 Å². The maximum absolute atomic E-state index is 11.9. The number of amides is 1. The average Bonchev–Trinajstić information content (AvgIpc) is 2.79. The largest absolute Gasteiger partial charge is 0.453 e. The molecule has 1 aliphatic rings. The standard InChI is InChI=1S/C7H10F3NO2/c1-13-6(12)11(5-2-3-5)4-7(8,9)10/h5H,2-4H2,1H3. The predicted octanol–water partition coefficient (Wildman–Crippen LogP) is 1.78. The number of hydrogen-bond donors (Lipinski definition) is 0. The van der Waals surface area contributed by atoms with Crippen LogP contribution in [0, 0.1) is 0 Å². The van der Waals surface area contributed by atoms with E-state index in [-0.39, 0.29) is 6.04 Å². The molecule has 1 saturated carbocycles. The van der Waals surface area contributed by atoms with Crippen molar-refractivity contribution >= 4 is 6.09 Å². The van der Waals surface area contributed by atoms with Gasteiger partial charge in [-0.2, -0.15) is 13.2 Å². The van der Waals surface area contributed by atoms with E-state index in [1.165, 1.54) is 0 Å². The van der Waals surface area contributed by atoms with E-state index < -0.39 is 18.8 Å². The highest BCUT2D eigenvalue weighted by Crippen LogP contribution is 2.30. The third-order valence-electron chi connectivity index (χ3n) is 1.75. The van der Waals surface area contributed by atoms with Crippen LogP contribution in [0.3, 0.4) is 0 Å². The minimum atomic E-state index is -4.35. The Morgan fingerprint density at radius 3 is 2.38 bits per heavy atom. The van der Waals surface area contributed by atoms with Gasteiger partial charge in [-0.25, -0.2) is 4.79 Å². The maximum atomic E-state index is 11.9. The lowest BCUT2D eigenvalue weighted by Crippen LogP contribution is -2.40. The van der Waals surface area contributed by atoms with Crippen LogP contribution < -0.4 is 0 Å². The van der Waals surface area contributed by atoms with Crippen molar-refractivity contribution in [2.75, 3.05) is 13.7 Å². The Labute approximate surface area is 73.5 Å². The SMILES string of the molecule is COC(=O)N(CC(F)(F)F)C1CC1. The highest BCUT2D eigenvalue weighted by atomic mass is 19.4. The van der Waals surface area contributed by atoms with Crippen molar-refractivity contribution < 1.29 is 22.7 Å². The number of carbonyl (C=O) groups excluding carboxylic acids is 1. The molecule has 76 valence electrons. The van der Waals surface area contributed by atoms with Gasteiger partial charge in [0, 0.05) is 6.04 Å². The lowest BCUT2D eigenvalue weighted by Gasteiger charge is -2.21. The number of methoxy groups -OCH3 is 1. The summed E-state index contributed by atoms with van der Waals surface area (Å²) in [5, 5.41) is 0. The molecule has 0 aromatic carbocycles. The summed E-state index contributed by atoms with van der Waals surface area (Å²) in [6, 6.07) is -0.283. The van der Waals surface area contributed by atoms with E-state index in [4.69, 9.17) is 0 Å². The number of hydrogen-bond acceptors (Lipinski definition) is 2. The van der Waals surface area contributed by atoms with Crippen LogP contribution in [-0.2, 0) is 4.74 Å². The normalized spacial score (nSPS) is 16.9. The Balaban J connectivity index is 2.52. The molecule has 0 bridgehead atoms. The van der Waals surface area contributed by atoms with Crippen LogP contribution in [-0.4, -0.2) is 36.9 Å². The molecule has 0 atom stereocenters. The summed E-state index contributed by atoms with van der Waals surface area (Å²) in [5.41, 5.74) is 0. The summed E-state index contributed by atoms with van der Waals surface area (Å²) in [6.07, 6.45) is -3.99. The van der Waals surface area contributed by atoms with Crippen LogP contribution in [0.25, 0.3) is 0 Å². The molecule has 0 heterocycles. The molecule has 1 fully saturated rings. The van der Waals surface area contributed by atoms with Gasteiger partial charge < -0.3 is 4.74 Å². The highest BCUT2D eigenvalue weighted by molar-refractivity contribution is 5.68. The minimum absolute atomic E-state index is 0.283. The fourth-order valence-electron chi connectivity index (χ4n) is 1.04. The van der Waals surface area contributed by atoms with E-state index in [9.17, 15) is 18.0 Å². The lowest BCUT2D eigenvalue weighted by atomic mass is 10.5. The van der Waals surface area contributed by atoms with Gasteiger partial charge in [0.25, 0.3) is 0 Å². The Morgan fingerprint density at radius 2 is 2.08 bits per heavy atom. The van der Waals surface area contributed by atoms with E-state index in [2.05, 4.69) is 4.74 Å². The van der Waals surface area contributed by atoms with Crippen molar-refractivity contribution in [3.05, 3.63) is 0 Å². The van der Waals surface area contributed by atoms with Gasteiger partial charge in [0.15, 0.2) is 0 Å². The van der Waals surface area contributed by atoms with Gasteiger partial charge in [-0.15, -0.1) is 0 Å². The van der Waals surface area contributed by atoms with Crippen molar-refractivity contribution in [1.82, 2.24) is 4.90 Å². The molecule has 0 spiro atoms. The molecule has 0 N–H and O–H groups in total. The Kier molecular flexibility index (Phi) is 2.68. The van der Waals surface area contributed by atoms with E-state index in [1.807, 2.05) is 0 Å². The highest BCUT2D eigenvalue weighted by Gasteiger charge is 2.41. The topological polar surface area (TPSA) is 29.5 Å². The third-order valence-corrected chi connectivity index (χ3v) is 1.75. The predicted molar refractivity (Wildman–Crippen MR) is 38.2 cm³/mol. The minimum Gasteiger partial charge on any atom is -0.453 e. The van der Waals surface area contributed by atoms with Gasteiger partial charge in [-0.05, 0) is 12.8 Å². The zero-order valence-electron chi connectivity index (χ0n) is 7.10. The first kappa shape index (κ1) is 10.1. The third kappa shape index (κ3) is 3.12. The van der Waals surface area contributed by atoms with Crippen molar-refractivity contribution in [2.45, 2.75) is 25.1 Å². The van der Waals surface area contributed by atoms with Crippen LogP contribution in [0.1, 0.15) is 12.8 Å². The summed E-state index contributed by atoms with van der Waals surface area (Å²) in [6.45, 7) is -1.22. The quantitative estimate of drug-likeness (QED) is 0.675. The van der Waals surface area contributed by atoms with Crippen molar-refractivity contribution in [2.24, 2.45) is 0 Å². The molecular formula is C7H10F3NO2. The Hall–Kier alpha value is -0.940. The zero-order valence-corrected chi connectivity index (χ0v) is 7.10. The number of carbonyl (C=O) groups is 1. The lowest BCUT2D eigenvalue weighted by molar-refractivity contribution is -0.143. The molecule has 13 heavy (non-hydrogen) atoms. The molecular weight excluding hydrogens is 187 g/mol. The van der Waals surface area contributed by atoms with Gasteiger partial charge in [0.1, 0.15) is 6.54 Å². The number of alkyl halides is 3. The molecule has 0 radical (unpaired) electrons. The van der Waals surface area contributed by atoms with E-state index in [0.29, 0.717) is 12.8 Å². The van der Waals surface area contributed by atoms with Crippen LogP contribution in [0.15, 0.2) is 0 Å². The molecule has 1 rings (SSSR count). The summed E-state index contributed by atoms with van der Waals surface area (Å²) in [4.78, 5) is 11.6. The van der Waals surface area contributed by atoms with Gasteiger partial charge in [-0.3, -0.25) is 4.90 Å². The van der Waals surface area contributed by atoms with Crippen LogP contribution in [0.4, 0.5) is 18.0 Å². The van der Waals surface area contributed by atoms with Crippen molar-refractivity contribution in [3.8, 4) is 0 Å². The second-order valence-corrected chi connectivity index (χ2v) is 2.94. The first-order valence-electron chi connectivity index (χ1n) is 3.85. The van der Waals surface area contributed by atoms with Crippen molar-refractivity contribution in [1.29, 1.82) is 0 Å². The summed E-state index contributed by atoms with van der Waals surface area (Å²) in [5.74, 6) is 0. The second-order valence-electron chi connectivity index (χ2n) is 2.94. The fourth-order valence-corrected chi connectivity index (χ4v) is 1.04. The van der Waals surface area contributed by atoms with Gasteiger partial charge >= 0.3 is 12.3 Å². The van der Waals surface area contributed by atoms with Gasteiger partial charge in [-0.1, -0.05) is 0 Å². The summed E-state index contributed by atoms with van der Waals surface area (Å²) < 4.78 is 40.1. The first-order chi connectivity index (χ1) is 5.94. The Bertz CT molecular complexity index is 200.